The summed E-state index contributed by atoms with van der Waals surface area (Å²) < 4.78 is 0. The molecule has 1 aromatic carbocycles. The van der Waals surface area contributed by atoms with Crippen molar-refractivity contribution in [2.24, 2.45) is 0 Å². The minimum absolute atomic E-state index is 0.164. The van der Waals surface area contributed by atoms with Crippen molar-refractivity contribution in [1.82, 2.24) is 10.2 Å². The van der Waals surface area contributed by atoms with Crippen molar-refractivity contribution in [3.05, 3.63) is 29.8 Å². The summed E-state index contributed by atoms with van der Waals surface area (Å²) in [5.74, 6) is 0.164. The van der Waals surface area contributed by atoms with Gasteiger partial charge in [-0.2, -0.15) is 0 Å². The van der Waals surface area contributed by atoms with Gasteiger partial charge in [0.2, 0.25) is 0 Å². The number of rotatable bonds is 6. The van der Waals surface area contributed by atoms with Gasteiger partial charge in [-0.15, -0.1) is 0 Å². The second-order valence-corrected chi connectivity index (χ2v) is 6.18. The van der Waals surface area contributed by atoms with E-state index in [1.165, 1.54) is 18.5 Å². The minimum Gasteiger partial charge on any atom is -0.375 e. The Morgan fingerprint density at radius 1 is 1.27 bits per heavy atom. The first-order valence-electron chi connectivity index (χ1n) is 8.43. The van der Waals surface area contributed by atoms with Crippen LogP contribution in [0.3, 0.4) is 0 Å². The third-order valence-corrected chi connectivity index (χ3v) is 4.59. The van der Waals surface area contributed by atoms with E-state index in [2.05, 4.69) is 36.3 Å². The Bertz CT molecular complexity index is 464. The second-order valence-electron chi connectivity index (χ2n) is 6.18. The Kier molecular flexibility index (Phi) is 6.25. The van der Waals surface area contributed by atoms with Crippen LogP contribution in [0.25, 0.3) is 0 Å². The molecule has 0 saturated carbocycles. The SMILES string of the molecule is CCCCN(C)c1ccc(C(=O)N2CCC(NC)CC2)cc1. The Morgan fingerprint density at radius 3 is 2.45 bits per heavy atom. The zero-order chi connectivity index (χ0) is 15.9. The molecular weight excluding hydrogens is 274 g/mol. The van der Waals surface area contributed by atoms with Crippen LogP contribution in [0.15, 0.2) is 24.3 Å². The number of likely N-dealkylation sites (tertiary alicyclic amines) is 1. The molecule has 1 aliphatic heterocycles. The van der Waals surface area contributed by atoms with Gasteiger partial charge in [-0.05, 0) is 50.6 Å². The molecule has 4 heteroatoms. The van der Waals surface area contributed by atoms with Crippen LogP contribution in [0.4, 0.5) is 5.69 Å². The fraction of sp³-hybridized carbons (Fsp3) is 0.611. The van der Waals surface area contributed by atoms with Gasteiger partial charge in [0.1, 0.15) is 0 Å². The maximum Gasteiger partial charge on any atom is 0.253 e. The molecule has 0 spiro atoms. The number of carbonyl (C=O) groups excluding carboxylic acids is 1. The smallest absolute Gasteiger partial charge is 0.253 e. The van der Waals surface area contributed by atoms with Crippen molar-refractivity contribution in [2.75, 3.05) is 38.6 Å². The van der Waals surface area contributed by atoms with E-state index in [9.17, 15) is 4.79 Å². The number of piperidine rings is 1. The summed E-state index contributed by atoms with van der Waals surface area (Å²) in [6.45, 7) is 4.96. The highest BCUT2D eigenvalue weighted by Crippen LogP contribution is 2.18. The second kappa shape index (κ2) is 8.18. The summed E-state index contributed by atoms with van der Waals surface area (Å²) in [5.41, 5.74) is 1.98. The van der Waals surface area contributed by atoms with Gasteiger partial charge >= 0.3 is 0 Å². The zero-order valence-electron chi connectivity index (χ0n) is 14.1. The lowest BCUT2D eigenvalue weighted by molar-refractivity contribution is 0.0707. The highest BCUT2D eigenvalue weighted by atomic mass is 16.2. The number of carbonyl (C=O) groups is 1. The molecule has 22 heavy (non-hydrogen) atoms. The van der Waals surface area contributed by atoms with Gasteiger partial charge in [0, 0.05) is 44.0 Å². The molecular formula is C18H29N3O. The summed E-state index contributed by atoms with van der Waals surface area (Å²) >= 11 is 0. The average Bonchev–Trinajstić information content (AvgIpc) is 2.59. The van der Waals surface area contributed by atoms with Crippen molar-refractivity contribution < 1.29 is 4.79 Å². The van der Waals surface area contributed by atoms with Gasteiger partial charge in [-0.1, -0.05) is 13.3 Å². The van der Waals surface area contributed by atoms with E-state index in [0.29, 0.717) is 6.04 Å². The number of benzene rings is 1. The molecule has 4 nitrogen and oxygen atoms in total. The molecule has 0 bridgehead atoms. The van der Waals surface area contributed by atoms with Gasteiger partial charge in [0.15, 0.2) is 0 Å². The number of unbranched alkanes of at least 4 members (excludes halogenated alkanes) is 1. The lowest BCUT2D eigenvalue weighted by Crippen LogP contribution is -2.43. The molecule has 0 unspecified atom stereocenters. The fourth-order valence-corrected chi connectivity index (χ4v) is 2.94. The summed E-state index contributed by atoms with van der Waals surface area (Å²) in [5, 5.41) is 3.30. The Balaban J connectivity index is 1.94. The quantitative estimate of drug-likeness (QED) is 0.878. The summed E-state index contributed by atoms with van der Waals surface area (Å²) in [6, 6.07) is 8.60. The largest absolute Gasteiger partial charge is 0.375 e. The van der Waals surface area contributed by atoms with E-state index < -0.39 is 0 Å². The molecule has 1 aliphatic rings. The van der Waals surface area contributed by atoms with E-state index in [4.69, 9.17) is 0 Å². The van der Waals surface area contributed by atoms with Crippen molar-refractivity contribution in [3.8, 4) is 0 Å². The first-order chi connectivity index (χ1) is 10.7. The van der Waals surface area contributed by atoms with E-state index in [1.54, 1.807) is 0 Å². The third kappa shape index (κ3) is 4.23. The van der Waals surface area contributed by atoms with E-state index >= 15 is 0 Å². The summed E-state index contributed by atoms with van der Waals surface area (Å²) in [4.78, 5) is 16.8. The van der Waals surface area contributed by atoms with Crippen LogP contribution in [0.5, 0.6) is 0 Å². The van der Waals surface area contributed by atoms with Crippen LogP contribution in [-0.2, 0) is 0 Å². The van der Waals surface area contributed by atoms with Gasteiger partial charge in [-0.3, -0.25) is 4.79 Å². The molecule has 1 heterocycles. The molecule has 2 rings (SSSR count). The fourth-order valence-electron chi connectivity index (χ4n) is 2.94. The van der Waals surface area contributed by atoms with Gasteiger partial charge < -0.3 is 15.1 Å². The zero-order valence-corrected chi connectivity index (χ0v) is 14.1. The Labute approximate surface area is 134 Å². The first kappa shape index (κ1) is 16.8. The number of nitrogens with one attached hydrogen (secondary N) is 1. The van der Waals surface area contributed by atoms with Crippen LogP contribution >= 0.6 is 0 Å². The normalized spacial score (nSPS) is 15.9. The van der Waals surface area contributed by atoms with Gasteiger partial charge in [0.25, 0.3) is 5.91 Å². The van der Waals surface area contributed by atoms with Crippen LogP contribution in [-0.4, -0.2) is 50.6 Å². The molecule has 1 amide bonds. The molecule has 1 saturated heterocycles. The van der Waals surface area contributed by atoms with Crippen LogP contribution in [0.2, 0.25) is 0 Å². The number of anilines is 1. The first-order valence-corrected chi connectivity index (χ1v) is 8.43. The van der Waals surface area contributed by atoms with E-state index in [0.717, 1.165) is 38.0 Å². The number of hydrogen-bond donors (Lipinski definition) is 1. The predicted octanol–water partition coefficient (Wildman–Crippen LogP) is 2.75. The van der Waals surface area contributed by atoms with Crippen molar-refractivity contribution in [1.29, 1.82) is 0 Å². The highest BCUT2D eigenvalue weighted by molar-refractivity contribution is 5.94. The monoisotopic (exact) mass is 303 g/mol. The highest BCUT2D eigenvalue weighted by Gasteiger charge is 2.22. The number of amides is 1. The van der Waals surface area contributed by atoms with Crippen LogP contribution in [0, 0.1) is 0 Å². The lowest BCUT2D eigenvalue weighted by Gasteiger charge is -2.32. The number of nitrogens with zero attached hydrogens (tertiary/aromatic N) is 2. The molecule has 1 N–H and O–H groups in total. The van der Waals surface area contributed by atoms with Gasteiger partial charge in [0.05, 0.1) is 0 Å². The van der Waals surface area contributed by atoms with Crippen molar-refractivity contribution >= 4 is 11.6 Å². The molecule has 0 radical (unpaired) electrons. The molecule has 1 fully saturated rings. The molecule has 0 aromatic heterocycles. The molecule has 0 atom stereocenters. The van der Waals surface area contributed by atoms with Crippen LogP contribution in [0.1, 0.15) is 43.0 Å². The maximum absolute atomic E-state index is 12.5. The molecule has 0 aliphatic carbocycles. The average molecular weight is 303 g/mol. The van der Waals surface area contributed by atoms with Crippen molar-refractivity contribution in [2.45, 2.75) is 38.6 Å². The van der Waals surface area contributed by atoms with Gasteiger partial charge in [-0.25, -0.2) is 0 Å². The maximum atomic E-state index is 12.5. The van der Waals surface area contributed by atoms with E-state index in [1.807, 2.05) is 24.1 Å². The third-order valence-electron chi connectivity index (χ3n) is 4.59. The lowest BCUT2D eigenvalue weighted by atomic mass is 10.0. The Hall–Kier alpha value is -1.55. The van der Waals surface area contributed by atoms with E-state index in [-0.39, 0.29) is 5.91 Å². The summed E-state index contributed by atoms with van der Waals surface area (Å²) in [7, 11) is 4.10. The molecule has 1 aromatic rings. The van der Waals surface area contributed by atoms with Crippen LogP contribution < -0.4 is 10.2 Å². The predicted molar refractivity (Wildman–Crippen MR) is 92.6 cm³/mol. The summed E-state index contributed by atoms with van der Waals surface area (Å²) in [6.07, 6.45) is 4.47. The minimum atomic E-state index is 0.164. The standard InChI is InChI=1S/C18H29N3O/c1-4-5-12-20(3)17-8-6-15(7-9-17)18(22)21-13-10-16(19-2)11-14-21/h6-9,16,19H,4-5,10-14H2,1-3H3. The molecule has 122 valence electrons. The number of hydrogen-bond acceptors (Lipinski definition) is 3. The Morgan fingerprint density at radius 2 is 1.91 bits per heavy atom. The van der Waals surface area contributed by atoms with Crippen molar-refractivity contribution in [3.63, 3.8) is 0 Å². The topological polar surface area (TPSA) is 35.6 Å².